The maximum atomic E-state index is 12.5. The first-order chi connectivity index (χ1) is 11.2. The van der Waals surface area contributed by atoms with Crippen LogP contribution in [0.25, 0.3) is 0 Å². The van der Waals surface area contributed by atoms with Gasteiger partial charge in [0, 0.05) is 18.0 Å². The van der Waals surface area contributed by atoms with Crippen LogP contribution < -0.4 is 11.1 Å². The minimum absolute atomic E-state index is 0.102. The van der Waals surface area contributed by atoms with Gasteiger partial charge in [0.2, 0.25) is 0 Å². The summed E-state index contributed by atoms with van der Waals surface area (Å²) in [6.07, 6.45) is 3.18. The number of nitrogen functional groups attached to an aromatic ring is 1. The van der Waals surface area contributed by atoms with Crippen molar-refractivity contribution < 1.29 is 9.90 Å². The molecule has 116 valence electrons. The number of hydrogen-bond acceptors (Lipinski definition) is 6. The number of nitrogens with one attached hydrogen (secondary N) is 1. The average molecular weight is 326 g/mol. The third kappa shape index (κ3) is 3.14. The van der Waals surface area contributed by atoms with E-state index in [2.05, 4.69) is 15.3 Å². The Morgan fingerprint density at radius 3 is 2.78 bits per heavy atom. The van der Waals surface area contributed by atoms with Gasteiger partial charge in [-0.25, -0.2) is 4.98 Å². The molecule has 3 rings (SSSR count). The van der Waals surface area contributed by atoms with E-state index in [1.54, 1.807) is 48.1 Å². The van der Waals surface area contributed by atoms with Crippen molar-refractivity contribution in [3.8, 4) is 5.75 Å². The largest absolute Gasteiger partial charge is 0.508 e. The number of amides is 1. The van der Waals surface area contributed by atoms with E-state index in [-0.39, 0.29) is 23.0 Å². The molecule has 0 saturated heterocycles. The highest BCUT2D eigenvalue weighted by atomic mass is 32.1. The third-order valence-corrected chi connectivity index (χ3v) is 4.18. The first kappa shape index (κ1) is 15.0. The Bertz CT molecular complexity index is 820. The number of rotatable bonds is 4. The smallest absolute Gasteiger partial charge is 0.255 e. The number of carbonyl (C=O) groups excluding carboxylic acids is 1. The molecule has 23 heavy (non-hydrogen) atoms. The molecule has 1 atom stereocenters. The molecule has 1 aromatic carbocycles. The van der Waals surface area contributed by atoms with Crippen LogP contribution in [0.3, 0.4) is 0 Å². The number of aromatic hydroxyl groups is 1. The van der Waals surface area contributed by atoms with E-state index in [1.165, 1.54) is 17.5 Å². The molecule has 0 saturated carbocycles. The fraction of sp³-hybridized carbons (Fsp3) is 0.0625. The summed E-state index contributed by atoms with van der Waals surface area (Å²) in [7, 11) is 0. The van der Waals surface area contributed by atoms with Crippen LogP contribution in [-0.2, 0) is 0 Å². The molecule has 0 aliphatic heterocycles. The van der Waals surface area contributed by atoms with Gasteiger partial charge >= 0.3 is 0 Å². The van der Waals surface area contributed by atoms with Gasteiger partial charge in [0.05, 0.1) is 22.0 Å². The Balaban J connectivity index is 1.96. The number of benzene rings is 1. The number of thiazole rings is 1. The van der Waals surface area contributed by atoms with Crippen molar-refractivity contribution in [2.45, 2.75) is 6.04 Å². The SMILES string of the molecule is Nc1ncccc1C(=O)NC(c1cncs1)c1ccccc1O. The highest BCUT2D eigenvalue weighted by Gasteiger charge is 2.22. The van der Waals surface area contributed by atoms with E-state index in [1.807, 2.05) is 0 Å². The van der Waals surface area contributed by atoms with Gasteiger partial charge in [-0.05, 0) is 18.2 Å². The van der Waals surface area contributed by atoms with Gasteiger partial charge in [-0.1, -0.05) is 18.2 Å². The molecule has 2 aromatic heterocycles. The maximum Gasteiger partial charge on any atom is 0.255 e. The lowest BCUT2D eigenvalue weighted by Crippen LogP contribution is -2.29. The van der Waals surface area contributed by atoms with Crippen LogP contribution >= 0.6 is 11.3 Å². The maximum absolute atomic E-state index is 12.5. The summed E-state index contributed by atoms with van der Waals surface area (Å²) >= 11 is 1.39. The fourth-order valence-corrected chi connectivity index (χ4v) is 2.91. The summed E-state index contributed by atoms with van der Waals surface area (Å²) in [5.41, 5.74) is 8.31. The minimum Gasteiger partial charge on any atom is -0.508 e. The second-order valence-electron chi connectivity index (χ2n) is 4.81. The fourth-order valence-electron chi connectivity index (χ4n) is 2.22. The molecule has 1 amide bonds. The molecule has 4 N–H and O–H groups in total. The zero-order valence-corrected chi connectivity index (χ0v) is 12.8. The van der Waals surface area contributed by atoms with Gasteiger partial charge < -0.3 is 16.2 Å². The van der Waals surface area contributed by atoms with E-state index < -0.39 is 6.04 Å². The summed E-state index contributed by atoms with van der Waals surface area (Å²) in [5.74, 6) is -0.104. The quantitative estimate of drug-likeness (QED) is 0.683. The van der Waals surface area contributed by atoms with E-state index >= 15 is 0 Å². The Labute approximate surface area is 136 Å². The van der Waals surface area contributed by atoms with Gasteiger partial charge in [-0.2, -0.15) is 0 Å². The molecule has 0 aliphatic rings. The number of nitrogens with zero attached hydrogens (tertiary/aromatic N) is 2. The second-order valence-corrected chi connectivity index (χ2v) is 5.72. The van der Waals surface area contributed by atoms with Crippen molar-refractivity contribution in [1.82, 2.24) is 15.3 Å². The number of para-hydroxylation sites is 1. The summed E-state index contributed by atoms with van der Waals surface area (Å²) < 4.78 is 0. The molecular formula is C16H14N4O2S. The molecule has 0 bridgehead atoms. The van der Waals surface area contributed by atoms with Gasteiger partial charge in [0.25, 0.3) is 5.91 Å². The number of phenols is 1. The van der Waals surface area contributed by atoms with Gasteiger partial charge in [0.1, 0.15) is 11.6 Å². The summed E-state index contributed by atoms with van der Waals surface area (Å²) in [4.78, 5) is 21.3. The minimum atomic E-state index is -0.518. The van der Waals surface area contributed by atoms with Crippen molar-refractivity contribution in [3.63, 3.8) is 0 Å². The molecule has 0 radical (unpaired) electrons. The Kier molecular flexibility index (Phi) is 4.20. The summed E-state index contributed by atoms with van der Waals surface area (Å²) in [6, 6.07) is 9.59. The number of anilines is 1. The zero-order chi connectivity index (χ0) is 16.2. The van der Waals surface area contributed by atoms with Crippen molar-refractivity contribution >= 4 is 23.1 Å². The molecule has 0 fully saturated rings. The van der Waals surface area contributed by atoms with E-state index in [4.69, 9.17) is 5.73 Å². The first-order valence-electron chi connectivity index (χ1n) is 6.84. The lowest BCUT2D eigenvalue weighted by molar-refractivity contribution is 0.0944. The van der Waals surface area contributed by atoms with Crippen LogP contribution in [0, 0.1) is 0 Å². The standard InChI is InChI=1S/C16H14N4O2S/c17-15-11(5-3-7-19-15)16(22)20-14(13-8-18-9-23-13)10-4-1-2-6-12(10)21/h1-9,14,21H,(H2,17,19)(H,20,22). The molecule has 1 unspecified atom stereocenters. The number of hydrogen-bond donors (Lipinski definition) is 3. The van der Waals surface area contributed by atoms with Crippen LogP contribution in [0.15, 0.2) is 54.3 Å². The monoisotopic (exact) mass is 326 g/mol. The molecule has 7 heteroatoms. The molecule has 0 spiro atoms. The molecule has 2 heterocycles. The Morgan fingerprint density at radius 1 is 1.26 bits per heavy atom. The Morgan fingerprint density at radius 2 is 2.09 bits per heavy atom. The van der Waals surface area contributed by atoms with Crippen molar-refractivity contribution in [1.29, 1.82) is 0 Å². The lowest BCUT2D eigenvalue weighted by Gasteiger charge is -2.19. The molecular weight excluding hydrogens is 312 g/mol. The van der Waals surface area contributed by atoms with Crippen molar-refractivity contribution in [2.24, 2.45) is 0 Å². The molecule has 0 aliphatic carbocycles. The predicted molar refractivity (Wildman–Crippen MR) is 88.2 cm³/mol. The first-order valence-corrected chi connectivity index (χ1v) is 7.72. The summed E-state index contributed by atoms with van der Waals surface area (Å²) in [5, 5.41) is 13.0. The van der Waals surface area contributed by atoms with E-state index in [0.717, 1.165) is 4.88 Å². The highest BCUT2D eigenvalue weighted by Crippen LogP contribution is 2.31. The number of aromatic nitrogens is 2. The zero-order valence-electron chi connectivity index (χ0n) is 12.0. The van der Waals surface area contributed by atoms with Crippen LogP contribution in [0.4, 0.5) is 5.82 Å². The number of nitrogens with two attached hydrogens (primary N) is 1. The van der Waals surface area contributed by atoms with E-state index in [0.29, 0.717) is 5.56 Å². The number of carbonyl (C=O) groups is 1. The third-order valence-electron chi connectivity index (χ3n) is 3.34. The van der Waals surface area contributed by atoms with Gasteiger partial charge in [0.15, 0.2) is 0 Å². The predicted octanol–water partition coefficient (Wildman–Crippen LogP) is 2.35. The average Bonchev–Trinajstić information content (AvgIpc) is 3.08. The van der Waals surface area contributed by atoms with Gasteiger partial charge in [-0.15, -0.1) is 11.3 Å². The molecule has 3 aromatic rings. The summed E-state index contributed by atoms with van der Waals surface area (Å²) in [6.45, 7) is 0. The number of pyridine rings is 1. The Hall–Kier alpha value is -2.93. The van der Waals surface area contributed by atoms with Crippen molar-refractivity contribution in [2.75, 3.05) is 5.73 Å². The van der Waals surface area contributed by atoms with Crippen molar-refractivity contribution in [3.05, 3.63) is 70.3 Å². The normalized spacial score (nSPS) is 11.8. The van der Waals surface area contributed by atoms with Crippen LogP contribution in [0.2, 0.25) is 0 Å². The van der Waals surface area contributed by atoms with Gasteiger partial charge in [-0.3, -0.25) is 9.78 Å². The van der Waals surface area contributed by atoms with Crippen LogP contribution in [-0.4, -0.2) is 21.0 Å². The van der Waals surface area contributed by atoms with Crippen LogP contribution in [0.1, 0.15) is 26.8 Å². The molecule has 6 nitrogen and oxygen atoms in total. The second kappa shape index (κ2) is 6.45. The lowest BCUT2D eigenvalue weighted by atomic mass is 10.0. The van der Waals surface area contributed by atoms with Crippen LogP contribution in [0.5, 0.6) is 5.75 Å². The number of phenolic OH excluding ortho intramolecular Hbond substituents is 1. The van der Waals surface area contributed by atoms with E-state index in [9.17, 15) is 9.90 Å². The topological polar surface area (TPSA) is 101 Å². The highest BCUT2D eigenvalue weighted by molar-refractivity contribution is 7.09.